The number of carbonyl (C=O) groups is 1. The van der Waals surface area contributed by atoms with Crippen molar-refractivity contribution in [3.8, 4) is 0 Å². The molecule has 0 N–H and O–H groups in total. The average molecular weight is 281 g/mol. The summed E-state index contributed by atoms with van der Waals surface area (Å²) in [6.45, 7) is 3.13. The molecule has 0 bridgehead atoms. The van der Waals surface area contributed by atoms with E-state index in [1.54, 1.807) is 13.8 Å². The molecule has 19 heavy (non-hydrogen) atoms. The highest BCUT2D eigenvalue weighted by Crippen LogP contribution is 2.21. The Balaban J connectivity index is 2.53. The molecule has 0 atom stereocenters. The number of benzene rings is 2. The molecule has 0 fully saturated rings. The number of rotatable bonds is 2. The van der Waals surface area contributed by atoms with Crippen LogP contribution in [0.25, 0.3) is 0 Å². The molecule has 2 aromatic rings. The lowest BCUT2D eigenvalue weighted by Crippen LogP contribution is -2.06. The van der Waals surface area contributed by atoms with Crippen LogP contribution in [0.3, 0.4) is 0 Å². The standard InChI is InChI=1S/C15H11ClF2O/c1-8-5-10(6-9(2)14(8)18)15(19)12-7-11(16)3-4-13(12)17/h3-7H,1-2H3. The Labute approximate surface area is 114 Å². The number of ketones is 1. The van der Waals surface area contributed by atoms with Crippen LogP contribution in [0.15, 0.2) is 30.3 Å². The summed E-state index contributed by atoms with van der Waals surface area (Å²) in [6, 6.07) is 6.59. The van der Waals surface area contributed by atoms with Gasteiger partial charge in [-0.3, -0.25) is 4.79 Å². The fraction of sp³-hybridized carbons (Fsp3) is 0.133. The van der Waals surface area contributed by atoms with Crippen molar-refractivity contribution in [2.24, 2.45) is 0 Å². The van der Waals surface area contributed by atoms with Crippen molar-refractivity contribution in [1.82, 2.24) is 0 Å². The van der Waals surface area contributed by atoms with Gasteiger partial charge in [0.05, 0.1) is 5.56 Å². The van der Waals surface area contributed by atoms with Crippen LogP contribution in [0.5, 0.6) is 0 Å². The van der Waals surface area contributed by atoms with Crippen LogP contribution in [-0.2, 0) is 0 Å². The lowest BCUT2D eigenvalue weighted by molar-refractivity contribution is 0.103. The van der Waals surface area contributed by atoms with Crippen molar-refractivity contribution in [3.63, 3.8) is 0 Å². The molecule has 0 saturated heterocycles. The van der Waals surface area contributed by atoms with E-state index >= 15 is 0 Å². The molecule has 0 aliphatic heterocycles. The third kappa shape index (κ3) is 2.66. The van der Waals surface area contributed by atoms with Gasteiger partial charge < -0.3 is 0 Å². The predicted molar refractivity (Wildman–Crippen MR) is 70.7 cm³/mol. The number of aryl methyl sites for hydroxylation is 2. The monoisotopic (exact) mass is 280 g/mol. The van der Waals surface area contributed by atoms with E-state index in [1.165, 1.54) is 24.3 Å². The van der Waals surface area contributed by atoms with E-state index < -0.39 is 11.6 Å². The lowest BCUT2D eigenvalue weighted by atomic mass is 9.98. The number of halogens is 3. The highest BCUT2D eigenvalue weighted by atomic mass is 35.5. The van der Waals surface area contributed by atoms with Crippen molar-refractivity contribution in [1.29, 1.82) is 0 Å². The Morgan fingerprint density at radius 1 is 1.05 bits per heavy atom. The normalized spacial score (nSPS) is 10.6. The fourth-order valence-electron chi connectivity index (χ4n) is 1.90. The molecule has 0 unspecified atom stereocenters. The van der Waals surface area contributed by atoms with Crippen molar-refractivity contribution in [2.45, 2.75) is 13.8 Å². The zero-order valence-electron chi connectivity index (χ0n) is 10.4. The van der Waals surface area contributed by atoms with Crippen LogP contribution in [0.4, 0.5) is 8.78 Å². The first-order valence-electron chi connectivity index (χ1n) is 5.66. The van der Waals surface area contributed by atoms with E-state index in [4.69, 9.17) is 11.6 Å². The van der Waals surface area contributed by atoms with Crippen LogP contribution in [0.1, 0.15) is 27.0 Å². The van der Waals surface area contributed by atoms with Gasteiger partial charge in [0, 0.05) is 10.6 Å². The average Bonchev–Trinajstić information content (AvgIpc) is 2.37. The van der Waals surface area contributed by atoms with Crippen molar-refractivity contribution in [2.75, 3.05) is 0 Å². The van der Waals surface area contributed by atoms with Crippen molar-refractivity contribution >= 4 is 17.4 Å². The minimum absolute atomic E-state index is 0.113. The summed E-state index contributed by atoms with van der Waals surface area (Å²) >= 11 is 5.76. The second-order valence-corrected chi connectivity index (χ2v) is 4.81. The molecule has 1 nitrogen and oxygen atoms in total. The van der Waals surface area contributed by atoms with Gasteiger partial charge in [-0.1, -0.05) is 11.6 Å². The van der Waals surface area contributed by atoms with Gasteiger partial charge in [-0.25, -0.2) is 8.78 Å². The minimum atomic E-state index is -0.644. The van der Waals surface area contributed by atoms with Gasteiger partial charge in [-0.2, -0.15) is 0 Å². The van der Waals surface area contributed by atoms with E-state index in [9.17, 15) is 13.6 Å². The summed E-state index contributed by atoms with van der Waals surface area (Å²) < 4.78 is 27.1. The molecule has 0 radical (unpaired) electrons. The third-order valence-corrected chi connectivity index (χ3v) is 3.11. The maximum Gasteiger partial charge on any atom is 0.196 e. The second-order valence-electron chi connectivity index (χ2n) is 4.38. The molecule has 2 rings (SSSR count). The smallest absolute Gasteiger partial charge is 0.196 e. The first-order valence-corrected chi connectivity index (χ1v) is 6.04. The summed E-state index contributed by atoms with van der Waals surface area (Å²) in [6.07, 6.45) is 0. The van der Waals surface area contributed by atoms with Gasteiger partial charge in [-0.15, -0.1) is 0 Å². The molecule has 0 amide bonds. The van der Waals surface area contributed by atoms with E-state index in [2.05, 4.69) is 0 Å². The number of hydrogen-bond donors (Lipinski definition) is 0. The lowest BCUT2D eigenvalue weighted by Gasteiger charge is -2.07. The van der Waals surface area contributed by atoms with Crippen molar-refractivity contribution < 1.29 is 13.6 Å². The van der Waals surface area contributed by atoms with Gasteiger partial charge >= 0.3 is 0 Å². The van der Waals surface area contributed by atoms with Crippen LogP contribution in [-0.4, -0.2) is 5.78 Å². The first-order chi connectivity index (χ1) is 8.90. The molecule has 0 spiro atoms. The van der Waals surface area contributed by atoms with Crippen LogP contribution < -0.4 is 0 Å². The Kier molecular flexibility index (Phi) is 3.67. The SMILES string of the molecule is Cc1cc(C(=O)c2cc(Cl)ccc2F)cc(C)c1F. The Hall–Kier alpha value is -1.74. The molecule has 0 aliphatic rings. The molecule has 4 heteroatoms. The summed E-state index contributed by atoms with van der Waals surface area (Å²) in [7, 11) is 0. The maximum atomic E-state index is 13.6. The van der Waals surface area contributed by atoms with Gasteiger partial charge in [0.2, 0.25) is 0 Å². The summed E-state index contributed by atoms with van der Waals surface area (Å²) in [5.41, 5.74) is 0.840. The van der Waals surface area contributed by atoms with Crippen LogP contribution >= 0.6 is 11.6 Å². The molecule has 0 aromatic heterocycles. The second kappa shape index (κ2) is 5.10. The van der Waals surface area contributed by atoms with Gasteiger partial charge in [0.15, 0.2) is 5.78 Å². The first kappa shape index (κ1) is 13.7. The van der Waals surface area contributed by atoms with Crippen LogP contribution in [0, 0.1) is 25.5 Å². The molecule has 98 valence electrons. The molecular formula is C15H11ClF2O. The van der Waals surface area contributed by atoms with E-state index in [0.29, 0.717) is 11.1 Å². The highest BCUT2D eigenvalue weighted by molar-refractivity contribution is 6.31. The molecule has 2 aromatic carbocycles. The zero-order valence-corrected chi connectivity index (χ0v) is 11.2. The quantitative estimate of drug-likeness (QED) is 0.742. The van der Waals surface area contributed by atoms with E-state index in [1.807, 2.05) is 0 Å². The third-order valence-electron chi connectivity index (χ3n) is 2.87. The zero-order chi connectivity index (χ0) is 14.2. The molecular weight excluding hydrogens is 270 g/mol. The summed E-state index contributed by atoms with van der Waals surface area (Å²) in [4.78, 5) is 12.2. The van der Waals surface area contributed by atoms with E-state index in [0.717, 1.165) is 6.07 Å². The molecule has 0 heterocycles. The van der Waals surface area contributed by atoms with Gasteiger partial charge in [-0.05, 0) is 55.3 Å². The summed E-state index contributed by atoms with van der Waals surface area (Å²) in [5, 5.41) is 0.278. The topological polar surface area (TPSA) is 17.1 Å². The van der Waals surface area contributed by atoms with Crippen LogP contribution in [0.2, 0.25) is 5.02 Å². The summed E-state index contributed by atoms with van der Waals surface area (Å²) in [5.74, 6) is -1.51. The number of carbonyl (C=O) groups excluding carboxylic acids is 1. The Morgan fingerprint density at radius 2 is 1.63 bits per heavy atom. The van der Waals surface area contributed by atoms with E-state index in [-0.39, 0.29) is 22.0 Å². The maximum absolute atomic E-state index is 13.6. The molecule has 0 saturated carbocycles. The van der Waals surface area contributed by atoms with Gasteiger partial charge in [0.25, 0.3) is 0 Å². The Morgan fingerprint density at radius 3 is 2.21 bits per heavy atom. The van der Waals surface area contributed by atoms with Gasteiger partial charge in [0.1, 0.15) is 11.6 Å². The predicted octanol–water partition coefficient (Wildman–Crippen LogP) is 4.47. The Bertz CT molecular complexity index is 642. The highest BCUT2D eigenvalue weighted by Gasteiger charge is 2.16. The minimum Gasteiger partial charge on any atom is -0.288 e. The largest absolute Gasteiger partial charge is 0.288 e. The fourth-order valence-corrected chi connectivity index (χ4v) is 2.08. The molecule has 0 aliphatic carbocycles. The number of hydrogen-bond acceptors (Lipinski definition) is 1. The van der Waals surface area contributed by atoms with Crippen molar-refractivity contribution in [3.05, 3.63) is 69.2 Å².